The van der Waals surface area contributed by atoms with Gasteiger partial charge in [-0.1, -0.05) is 103 Å². The maximum atomic E-state index is 9.82. The van der Waals surface area contributed by atoms with Crippen LogP contribution in [-0.2, 0) is 0 Å². The Morgan fingerprint density at radius 2 is 1.17 bits per heavy atom. The van der Waals surface area contributed by atoms with Crippen LogP contribution in [0.1, 0.15) is 5.56 Å². The summed E-state index contributed by atoms with van der Waals surface area (Å²) in [5.41, 5.74) is 11.2. The summed E-state index contributed by atoms with van der Waals surface area (Å²) in [7, 11) is 0. The summed E-state index contributed by atoms with van der Waals surface area (Å²) >= 11 is 0. The van der Waals surface area contributed by atoms with Crippen molar-refractivity contribution in [3.8, 4) is 34.0 Å². The molecule has 0 fully saturated rings. The van der Waals surface area contributed by atoms with Crippen LogP contribution in [0.15, 0.2) is 154 Å². The van der Waals surface area contributed by atoms with E-state index in [0.29, 0.717) is 5.56 Å². The van der Waals surface area contributed by atoms with E-state index in [1.54, 1.807) is 0 Å². The van der Waals surface area contributed by atoms with E-state index in [2.05, 4.69) is 114 Å². The Bertz CT molecular complexity index is 2920. The molecule has 7 aromatic carbocycles. The summed E-state index contributed by atoms with van der Waals surface area (Å²) in [5, 5.41) is 16.3. The third-order valence-electron chi connectivity index (χ3n) is 9.45. The van der Waals surface area contributed by atoms with Crippen LogP contribution in [0.2, 0.25) is 0 Å². The number of aromatic nitrogens is 1. The van der Waals surface area contributed by atoms with Crippen LogP contribution < -0.4 is 0 Å². The summed E-state index contributed by atoms with van der Waals surface area (Å²) in [6.45, 7) is 0. The Labute approximate surface area is 268 Å². The first kappa shape index (κ1) is 25.7. The van der Waals surface area contributed by atoms with Gasteiger partial charge in [0.15, 0.2) is 5.58 Å². The van der Waals surface area contributed by atoms with E-state index in [4.69, 9.17) is 8.83 Å². The molecule has 4 heteroatoms. The maximum Gasteiger partial charge on any atom is 0.159 e. The van der Waals surface area contributed by atoms with Gasteiger partial charge in [-0.05, 0) is 59.2 Å². The first-order chi connectivity index (χ1) is 23.3. The summed E-state index contributed by atoms with van der Waals surface area (Å²) < 4.78 is 15.6. The molecule has 0 saturated carbocycles. The van der Waals surface area contributed by atoms with Gasteiger partial charge in [0.1, 0.15) is 16.7 Å². The van der Waals surface area contributed by atoms with Gasteiger partial charge in [-0.25, -0.2) is 0 Å². The highest BCUT2D eigenvalue weighted by Crippen LogP contribution is 2.47. The summed E-state index contributed by atoms with van der Waals surface area (Å²) in [6, 6.07) is 52.3. The molecule has 10 rings (SSSR count). The van der Waals surface area contributed by atoms with Gasteiger partial charge < -0.3 is 13.4 Å². The monoisotopic (exact) mass is 600 g/mol. The Balaban J connectivity index is 1.36. The Morgan fingerprint density at radius 1 is 0.468 bits per heavy atom. The molecule has 0 unspecified atom stereocenters. The van der Waals surface area contributed by atoms with Gasteiger partial charge in [-0.3, -0.25) is 0 Å². The number of nitrogens with zero attached hydrogens (tertiary/aromatic N) is 2. The highest BCUT2D eigenvalue weighted by Gasteiger charge is 2.23. The van der Waals surface area contributed by atoms with Crippen molar-refractivity contribution in [3.63, 3.8) is 0 Å². The zero-order valence-electron chi connectivity index (χ0n) is 25.1. The van der Waals surface area contributed by atoms with E-state index in [1.165, 1.54) is 0 Å². The van der Waals surface area contributed by atoms with Gasteiger partial charge in [0.2, 0.25) is 0 Å². The van der Waals surface area contributed by atoms with Crippen molar-refractivity contribution in [2.24, 2.45) is 0 Å². The molecule has 0 saturated heterocycles. The smallest absolute Gasteiger partial charge is 0.159 e. The van der Waals surface area contributed by atoms with Crippen LogP contribution in [0.25, 0.3) is 93.6 Å². The van der Waals surface area contributed by atoms with Gasteiger partial charge in [0, 0.05) is 37.9 Å². The average Bonchev–Trinajstić information content (AvgIpc) is 3.81. The minimum atomic E-state index is 0.618. The normalized spacial score (nSPS) is 11.8. The predicted octanol–water partition coefficient (Wildman–Crippen LogP) is 11.8. The topological polar surface area (TPSA) is 55.0 Å². The number of para-hydroxylation sites is 3. The van der Waals surface area contributed by atoms with E-state index < -0.39 is 0 Å². The predicted molar refractivity (Wildman–Crippen MR) is 191 cm³/mol. The summed E-state index contributed by atoms with van der Waals surface area (Å²) in [4.78, 5) is 0. The molecule has 0 bridgehead atoms. The van der Waals surface area contributed by atoms with Crippen molar-refractivity contribution in [3.05, 3.63) is 151 Å². The molecule has 0 N–H and O–H groups in total. The molecule has 10 aromatic rings. The maximum absolute atomic E-state index is 9.82. The summed E-state index contributed by atoms with van der Waals surface area (Å²) in [6.07, 6.45) is 0. The number of fused-ring (bicyclic) bond motifs is 9. The van der Waals surface area contributed by atoms with Gasteiger partial charge in [-0.15, -0.1) is 0 Å². The van der Waals surface area contributed by atoms with Crippen LogP contribution in [0, 0.1) is 11.3 Å². The third kappa shape index (κ3) is 3.63. The first-order valence-corrected chi connectivity index (χ1v) is 15.7. The molecule has 0 radical (unpaired) electrons. The van der Waals surface area contributed by atoms with E-state index in [0.717, 1.165) is 93.6 Å². The van der Waals surface area contributed by atoms with Crippen molar-refractivity contribution < 1.29 is 8.83 Å². The van der Waals surface area contributed by atoms with Crippen LogP contribution in [0.5, 0.6) is 0 Å². The van der Waals surface area contributed by atoms with E-state index in [9.17, 15) is 5.26 Å². The molecular formula is C43H24N2O2. The number of benzene rings is 7. The van der Waals surface area contributed by atoms with Gasteiger partial charge in [0.05, 0.1) is 28.4 Å². The fraction of sp³-hybridized carbons (Fsp3) is 0. The molecule has 3 aromatic heterocycles. The Kier molecular flexibility index (Phi) is 5.32. The standard InChI is InChI=1S/C43H24N2O2/c44-25-26-20-21-30-29-12-4-6-16-35(29)45(37(30)24-26)36-17-8-15-34-41-32(23-22-28(43(41)47-42(34)36)27-10-2-1-3-11-27)31-14-9-19-39-40(31)33-13-5-7-18-38(33)46-39/h1-24H. The lowest BCUT2D eigenvalue weighted by atomic mass is 9.92. The molecule has 0 spiro atoms. The molecule has 0 aliphatic rings. The molecule has 218 valence electrons. The molecule has 47 heavy (non-hydrogen) atoms. The second-order valence-corrected chi connectivity index (χ2v) is 12.0. The molecule has 0 aliphatic carbocycles. The van der Waals surface area contributed by atoms with Crippen LogP contribution in [0.4, 0.5) is 0 Å². The molecule has 4 nitrogen and oxygen atoms in total. The Morgan fingerprint density at radius 3 is 2.06 bits per heavy atom. The van der Waals surface area contributed by atoms with Crippen LogP contribution in [0.3, 0.4) is 0 Å². The van der Waals surface area contributed by atoms with Gasteiger partial charge in [0.25, 0.3) is 0 Å². The van der Waals surface area contributed by atoms with E-state index >= 15 is 0 Å². The van der Waals surface area contributed by atoms with Crippen molar-refractivity contribution in [2.75, 3.05) is 0 Å². The second-order valence-electron chi connectivity index (χ2n) is 12.0. The highest BCUT2D eigenvalue weighted by atomic mass is 16.3. The lowest BCUT2D eigenvalue weighted by Crippen LogP contribution is -1.94. The second kappa shape index (κ2) is 9.71. The lowest BCUT2D eigenvalue weighted by molar-refractivity contribution is 0.667. The Hall–Kier alpha value is -6.57. The summed E-state index contributed by atoms with van der Waals surface area (Å²) in [5.74, 6) is 0. The van der Waals surface area contributed by atoms with Crippen molar-refractivity contribution in [1.29, 1.82) is 5.26 Å². The van der Waals surface area contributed by atoms with Crippen molar-refractivity contribution in [2.45, 2.75) is 0 Å². The molecule has 3 heterocycles. The lowest BCUT2D eigenvalue weighted by Gasteiger charge is -2.10. The molecule has 0 amide bonds. The number of rotatable bonds is 3. The van der Waals surface area contributed by atoms with Crippen LogP contribution in [-0.4, -0.2) is 4.57 Å². The third-order valence-corrected chi connectivity index (χ3v) is 9.45. The fourth-order valence-corrected chi connectivity index (χ4v) is 7.43. The minimum absolute atomic E-state index is 0.618. The van der Waals surface area contributed by atoms with Gasteiger partial charge in [-0.2, -0.15) is 5.26 Å². The number of hydrogen-bond donors (Lipinski definition) is 0. The van der Waals surface area contributed by atoms with Crippen molar-refractivity contribution >= 4 is 65.7 Å². The fourth-order valence-electron chi connectivity index (χ4n) is 7.43. The number of nitriles is 1. The SMILES string of the molecule is N#Cc1ccc2c3ccccc3n(-c3cccc4c3oc3c(-c5ccccc5)ccc(-c5cccc6oc7ccccc7c56)c34)c2c1. The van der Waals surface area contributed by atoms with Crippen LogP contribution >= 0.6 is 0 Å². The minimum Gasteiger partial charge on any atom is -0.456 e. The molecule has 0 aliphatic heterocycles. The van der Waals surface area contributed by atoms with Gasteiger partial charge >= 0.3 is 0 Å². The number of furan rings is 2. The largest absolute Gasteiger partial charge is 0.456 e. The van der Waals surface area contributed by atoms with Crippen molar-refractivity contribution in [1.82, 2.24) is 4.57 Å². The average molecular weight is 601 g/mol. The first-order valence-electron chi connectivity index (χ1n) is 15.7. The highest BCUT2D eigenvalue weighted by molar-refractivity contribution is 6.22. The number of hydrogen-bond acceptors (Lipinski definition) is 3. The van der Waals surface area contributed by atoms with E-state index in [-0.39, 0.29) is 0 Å². The quantitative estimate of drug-likeness (QED) is 0.203. The zero-order chi connectivity index (χ0) is 31.1. The molecule has 0 atom stereocenters. The zero-order valence-corrected chi connectivity index (χ0v) is 25.1. The molecular weight excluding hydrogens is 576 g/mol. The van der Waals surface area contributed by atoms with E-state index in [1.807, 2.05) is 42.5 Å².